The van der Waals surface area contributed by atoms with Crippen molar-refractivity contribution < 1.29 is 13.2 Å². The molecule has 0 atom stereocenters. The van der Waals surface area contributed by atoms with Gasteiger partial charge in [0, 0.05) is 17.3 Å². The van der Waals surface area contributed by atoms with Gasteiger partial charge in [0.1, 0.15) is 0 Å². The number of benzene rings is 2. The van der Waals surface area contributed by atoms with Crippen LogP contribution in [0.4, 0.5) is 5.69 Å². The molecule has 24 heavy (non-hydrogen) atoms. The summed E-state index contributed by atoms with van der Waals surface area (Å²) >= 11 is 5.93. The average Bonchev–Trinajstić information content (AvgIpc) is 2.56. The van der Waals surface area contributed by atoms with Crippen LogP contribution in [0.3, 0.4) is 0 Å². The summed E-state index contributed by atoms with van der Waals surface area (Å²) in [5.74, 6) is -0.415. The summed E-state index contributed by atoms with van der Waals surface area (Å²) in [7, 11) is -3.71. The number of hydrogen-bond donors (Lipinski definition) is 1. The van der Waals surface area contributed by atoms with E-state index in [9.17, 15) is 13.2 Å². The molecule has 0 aliphatic carbocycles. The molecule has 0 heterocycles. The third kappa shape index (κ3) is 4.35. The molecule has 0 aliphatic heterocycles. The second-order valence-electron chi connectivity index (χ2n) is 5.25. The first kappa shape index (κ1) is 18.4. The van der Waals surface area contributed by atoms with Gasteiger partial charge in [-0.15, -0.1) is 0 Å². The van der Waals surface area contributed by atoms with E-state index in [2.05, 4.69) is 5.32 Å². The molecule has 1 N–H and O–H groups in total. The molecule has 0 radical (unpaired) electrons. The number of nitrogens with one attached hydrogen (secondary N) is 1. The van der Waals surface area contributed by atoms with Crippen molar-refractivity contribution in [3.63, 3.8) is 0 Å². The maximum absolute atomic E-state index is 12.6. The Labute approximate surface area is 147 Å². The number of aryl methyl sites for hydroxylation is 1. The van der Waals surface area contributed by atoms with Crippen LogP contribution in [0.15, 0.2) is 53.4 Å². The van der Waals surface area contributed by atoms with Crippen LogP contribution < -0.4 is 5.32 Å². The van der Waals surface area contributed by atoms with Crippen molar-refractivity contribution in [1.29, 1.82) is 0 Å². The van der Waals surface area contributed by atoms with Crippen LogP contribution in [-0.4, -0.2) is 31.7 Å². The minimum atomic E-state index is -3.71. The van der Waals surface area contributed by atoms with Gasteiger partial charge in [-0.3, -0.25) is 4.79 Å². The fourth-order valence-electron chi connectivity index (χ4n) is 2.19. The lowest BCUT2D eigenvalue weighted by atomic mass is 10.2. The molecular formula is C17H19ClN2O3S. The van der Waals surface area contributed by atoms with Crippen molar-refractivity contribution in [1.82, 2.24) is 4.31 Å². The number of hydrogen-bond acceptors (Lipinski definition) is 3. The first-order valence-corrected chi connectivity index (χ1v) is 9.27. The maximum Gasteiger partial charge on any atom is 0.243 e. The summed E-state index contributed by atoms with van der Waals surface area (Å²) in [6.45, 7) is 3.46. The standard InChI is InChI=1S/C17H19ClN2O3S/c1-3-20(24(22,23)15-7-5-4-6-8-15)12-17(21)19-16-11-14(18)10-9-13(16)2/h4-11H,3,12H2,1-2H3,(H,19,21). The predicted molar refractivity (Wildman–Crippen MR) is 95.7 cm³/mol. The third-order valence-corrected chi connectivity index (χ3v) is 5.70. The molecule has 0 spiro atoms. The van der Waals surface area contributed by atoms with Crippen LogP contribution in [0.5, 0.6) is 0 Å². The van der Waals surface area contributed by atoms with Gasteiger partial charge in [0.25, 0.3) is 0 Å². The smallest absolute Gasteiger partial charge is 0.243 e. The number of rotatable bonds is 6. The van der Waals surface area contributed by atoms with Crippen molar-refractivity contribution in [2.24, 2.45) is 0 Å². The molecule has 2 aromatic rings. The van der Waals surface area contributed by atoms with Crippen molar-refractivity contribution in [2.45, 2.75) is 18.7 Å². The lowest BCUT2D eigenvalue weighted by Crippen LogP contribution is -2.37. The molecule has 0 saturated heterocycles. The van der Waals surface area contributed by atoms with Crippen molar-refractivity contribution in [2.75, 3.05) is 18.4 Å². The molecule has 7 heteroatoms. The van der Waals surface area contributed by atoms with Gasteiger partial charge in [-0.25, -0.2) is 8.42 Å². The average molecular weight is 367 g/mol. The summed E-state index contributed by atoms with van der Waals surface area (Å²) in [5.41, 5.74) is 1.42. The van der Waals surface area contributed by atoms with E-state index in [0.717, 1.165) is 9.87 Å². The number of halogens is 1. The number of anilines is 1. The van der Waals surface area contributed by atoms with Crippen LogP contribution >= 0.6 is 11.6 Å². The lowest BCUT2D eigenvalue weighted by Gasteiger charge is -2.20. The molecule has 2 rings (SSSR count). The Morgan fingerprint density at radius 3 is 2.46 bits per heavy atom. The minimum Gasteiger partial charge on any atom is -0.325 e. The Morgan fingerprint density at radius 2 is 1.83 bits per heavy atom. The second-order valence-corrected chi connectivity index (χ2v) is 7.63. The van der Waals surface area contributed by atoms with E-state index in [1.54, 1.807) is 43.3 Å². The van der Waals surface area contributed by atoms with E-state index in [4.69, 9.17) is 11.6 Å². The van der Waals surface area contributed by atoms with Gasteiger partial charge in [0.15, 0.2) is 0 Å². The van der Waals surface area contributed by atoms with E-state index < -0.39 is 15.9 Å². The second kappa shape index (κ2) is 7.79. The summed E-state index contributed by atoms with van der Waals surface area (Å²) in [5, 5.41) is 3.21. The number of sulfonamides is 1. The fraction of sp³-hybridized carbons (Fsp3) is 0.235. The molecule has 0 bridgehead atoms. The van der Waals surface area contributed by atoms with E-state index >= 15 is 0 Å². The van der Waals surface area contributed by atoms with Crippen LogP contribution in [0.1, 0.15) is 12.5 Å². The van der Waals surface area contributed by atoms with Gasteiger partial charge in [0.05, 0.1) is 11.4 Å². The van der Waals surface area contributed by atoms with Gasteiger partial charge in [-0.2, -0.15) is 4.31 Å². The summed E-state index contributed by atoms with van der Waals surface area (Å²) < 4.78 is 26.3. The number of nitrogens with zero attached hydrogens (tertiary/aromatic N) is 1. The Morgan fingerprint density at radius 1 is 1.17 bits per heavy atom. The highest BCUT2D eigenvalue weighted by Gasteiger charge is 2.25. The highest BCUT2D eigenvalue weighted by Crippen LogP contribution is 2.20. The third-order valence-electron chi connectivity index (χ3n) is 3.53. The molecule has 0 fully saturated rings. The lowest BCUT2D eigenvalue weighted by molar-refractivity contribution is -0.116. The van der Waals surface area contributed by atoms with Gasteiger partial charge in [0.2, 0.25) is 15.9 Å². The number of amides is 1. The van der Waals surface area contributed by atoms with Crippen LogP contribution in [0.2, 0.25) is 5.02 Å². The molecule has 5 nitrogen and oxygen atoms in total. The van der Waals surface area contributed by atoms with Crippen molar-refractivity contribution in [3.05, 3.63) is 59.1 Å². The van der Waals surface area contributed by atoms with E-state index in [0.29, 0.717) is 10.7 Å². The zero-order chi connectivity index (χ0) is 17.7. The SMILES string of the molecule is CCN(CC(=O)Nc1cc(Cl)ccc1C)S(=O)(=O)c1ccccc1. The van der Waals surface area contributed by atoms with Gasteiger partial charge < -0.3 is 5.32 Å². The summed E-state index contributed by atoms with van der Waals surface area (Å²) in [6, 6.07) is 13.2. The largest absolute Gasteiger partial charge is 0.325 e. The topological polar surface area (TPSA) is 66.5 Å². The monoisotopic (exact) mass is 366 g/mol. The van der Waals surface area contributed by atoms with Crippen LogP contribution in [0.25, 0.3) is 0 Å². The zero-order valence-corrected chi connectivity index (χ0v) is 15.1. The number of carbonyl (C=O) groups is 1. The molecule has 0 aliphatic rings. The quantitative estimate of drug-likeness (QED) is 0.853. The molecule has 1 amide bonds. The van der Waals surface area contributed by atoms with E-state index in [1.807, 2.05) is 6.92 Å². The molecule has 0 unspecified atom stereocenters. The first-order valence-electron chi connectivity index (χ1n) is 7.45. The highest BCUT2D eigenvalue weighted by atomic mass is 35.5. The summed E-state index contributed by atoms with van der Waals surface area (Å²) in [6.07, 6.45) is 0. The minimum absolute atomic E-state index is 0.165. The number of likely N-dealkylation sites (N-methyl/N-ethyl adjacent to an activating group) is 1. The predicted octanol–water partition coefficient (Wildman–Crippen LogP) is 3.30. The first-order chi connectivity index (χ1) is 11.3. The highest BCUT2D eigenvalue weighted by molar-refractivity contribution is 7.89. The van der Waals surface area contributed by atoms with Gasteiger partial charge in [-0.1, -0.05) is 42.8 Å². The normalized spacial score (nSPS) is 11.5. The summed E-state index contributed by atoms with van der Waals surface area (Å²) in [4.78, 5) is 12.4. The van der Waals surface area contributed by atoms with Crippen LogP contribution in [0, 0.1) is 6.92 Å². The molecular weight excluding hydrogens is 348 g/mol. The maximum atomic E-state index is 12.6. The van der Waals surface area contributed by atoms with Crippen molar-refractivity contribution in [3.8, 4) is 0 Å². The number of carbonyl (C=O) groups excluding carboxylic acids is 1. The van der Waals surface area contributed by atoms with Gasteiger partial charge in [-0.05, 0) is 36.8 Å². The Kier molecular flexibility index (Phi) is 5.99. The molecule has 2 aromatic carbocycles. The Balaban J connectivity index is 2.15. The molecule has 0 aromatic heterocycles. The molecule has 0 saturated carbocycles. The van der Waals surface area contributed by atoms with Gasteiger partial charge >= 0.3 is 0 Å². The Hall–Kier alpha value is -1.89. The van der Waals surface area contributed by atoms with Crippen LogP contribution in [-0.2, 0) is 14.8 Å². The fourth-order valence-corrected chi connectivity index (χ4v) is 3.79. The van der Waals surface area contributed by atoms with Crippen molar-refractivity contribution >= 4 is 33.2 Å². The zero-order valence-electron chi connectivity index (χ0n) is 13.5. The molecule has 128 valence electrons. The van der Waals surface area contributed by atoms with E-state index in [-0.39, 0.29) is 18.0 Å². The Bertz CT molecular complexity index is 823. The van der Waals surface area contributed by atoms with E-state index in [1.165, 1.54) is 12.1 Å².